The first-order chi connectivity index (χ1) is 10.5. The van der Waals surface area contributed by atoms with Gasteiger partial charge in [0.1, 0.15) is 6.04 Å². The Bertz CT molecular complexity index is 689. The van der Waals surface area contributed by atoms with Crippen molar-refractivity contribution in [3.8, 4) is 0 Å². The molecule has 1 N–H and O–H groups in total. The Morgan fingerprint density at radius 3 is 2.36 bits per heavy atom. The van der Waals surface area contributed by atoms with Crippen molar-refractivity contribution in [1.29, 1.82) is 0 Å². The van der Waals surface area contributed by atoms with Crippen molar-refractivity contribution in [2.24, 2.45) is 0 Å². The molecule has 6 heteroatoms. The van der Waals surface area contributed by atoms with Gasteiger partial charge in [0, 0.05) is 5.69 Å². The van der Waals surface area contributed by atoms with Crippen LogP contribution < -0.4 is 5.32 Å². The lowest BCUT2D eigenvalue weighted by Gasteiger charge is -2.14. The summed E-state index contributed by atoms with van der Waals surface area (Å²) in [6, 6.07) is 12.5. The number of ether oxygens (including phenoxy) is 1. The Labute approximate surface area is 138 Å². The second kappa shape index (κ2) is 7.29. The molecule has 0 radical (unpaired) electrons. The maximum absolute atomic E-state index is 11.9. The average molecular weight is 338 g/mol. The van der Waals surface area contributed by atoms with Crippen LogP contribution in [0.2, 0.25) is 10.0 Å². The Hall–Kier alpha value is -2.04. The van der Waals surface area contributed by atoms with Crippen molar-refractivity contribution < 1.29 is 14.3 Å². The van der Waals surface area contributed by atoms with E-state index in [1.165, 1.54) is 0 Å². The molecular formula is C16H13Cl2NO3. The van der Waals surface area contributed by atoms with Crippen molar-refractivity contribution in [2.75, 3.05) is 5.32 Å². The molecule has 0 aliphatic carbocycles. The quantitative estimate of drug-likeness (QED) is 0.671. The highest BCUT2D eigenvalue weighted by molar-refractivity contribution is 6.42. The number of hydrogen-bond acceptors (Lipinski definition) is 4. The van der Waals surface area contributed by atoms with Crippen LogP contribution in [0.1, 0.15) is 17.3 Å². The van der Waals surface area contributed by atoms with E-state index in [1.54, 1.807) is 55.5 Å². The van der Waals surface area contributed by atoms with Gasteiger partial charge in [-0.1, -0.05) is 41.4 Å². The molecule has 1 atom stereocenters. The summed E-state index contributed by atoms with van der Waals surface area (Å²) in [6.07, 6.45) is 0. The van der Waals surface area contributed by atoms with Gasteiger partial charge in [0.25, 0.3) is 0 Å². The van der Waals surface area contributed by atoms with E-state index in [-0.39, 0.29) is 0 Å². The number of anilines is 1. The lowest BCUT2D eigenvalue weighted by Crippen LogP contribution is -2.30. The minimum absolute atomic E-state index is 0.317. The number of hydrogen-bond donors (Lipinski definition) is 1. The fourth-order valence-electron chi connectivity index (χ4n) is 1.71. The lowest BCUT2D eigenvalue weighted by molar-refractivity contribution is -0.138. The van der Waals surface area contributed by atoms with E-state index in [4.69, 9.17) is 27.9 Å². The largest absolute Gasteiger partial charge is 0.388 e. The van der Waals surface area contributed by atoms with Gasteiger partial charge in [-0.05, 0) is 37.3 Å². The van der Waals surface area contributed by atoms with Gasteiger partial charge in [-0.2, -0.15) is 0 Å². The number of carbonyl (C=O) groups is 2. The smallest absolute Gasteiger partial charge is 0.345 e. The minimum Gasteiger partial charge on any atom is -0.388 e. The summed E-state index contributed by atoms with van der Waals surface area (Å²) in [6.45, 7) is 1.59. The zero-order valence-electron chi connectivity index (χ0n) is 11.7. The van der Waals surface area contributed by atoms with Crippen LogP contribution in [-0.2, 0) is 9.53 Å². The van der Waals surface area contributed by atoms with Gasteiger partial charge >= 0.3 is 11.9 Å². The third kappa shape index (κ3) is 4.23. The average Bonchev–Trinajstić information content (AvgIpc) is 2.51. The van der Waals surface area contributed by atoms with E-state index < -0.39 is 18.0 Å². The van der Waals surface area contributed by atoms with E-state index in [0.717, 1.165) is 0 Å². The molecule has 0 amide bonds. The SMILES string of the molecule is CC(Nc1ccc(Cl)c(Cl)c1)C(=O)OC(=O)c1ccccc1. The molecule has 0 saturated heterocycles. The summed E-state index contributed by atoms with van der Waals surface area (Å²) in [5.41, 5.74) is 0.920. The second-order valence-corrected chi connectivity index (χ2v) is 5.38. The highest BCUT2D eigenvalue weighted by Crippen LogP contribution is 2.25. The predicted octanol–water partition coefficient (Wildman–Crippen LogP) is 4.18. The normalized spacial score (nSPS) is 11.6. The zero-order valence-corrected chi connectivity index (χ0v) is 13.2. The number of benzene rings is 2. The first kappa shape index (κ1) is 16.3. The van der Waals surface area contributed by atoms with Gasteiger partial charge in [-0.15, -0.1) is 0 Å². The molecule has 2 aromatic carbocycles. The van der Waals surface area contributed by atoms with Crippen molar-refractivity contribution >= 4 is 40.8 Å². The van der Waals surface area contributed by atoms with Gasteiger partial charge in [0.2, 0.25) is 0 Å². The molecule has 0 saturated carbocycles. The molecule has 4 nitrogen and oxygen atoms in total. The molecule has 0 aromatic heterocycles. The predicted molar refractivity (Wildman–Crippen MR) is 86.4 cm³/mol. The van der Waals surface area contributed by atoms with Crippen LogP contribution >= 0.6 is 23.2 Å². The number of esters is 2. The van der Waals surface area contributed by atoms with Crippen molar-refractivity contribution in [1.82, 2.24) is 0 Å². The summed E-state index contributed by atoms with van der Waals surface area (Å²) in [4.78, 5) is 23.7. The molecule has 22 heavy (non-hydrogen) atoms. The van der Waals surface area contributed by atoms with Crippen LogP contribution in [-0.4, -0.2) is 18.0 Å². The highest BCUT2D eigenvalue weighted by atomic mass is 35.5. The fraction of sp³-hybridized carbons (Fsp3) is 0.125. The Kier molecular flexibility index (Phi) is 5.41. The first-order valence-electron chi connectivity index (χ1n) is 6.50. The van der Waals surface area contributed by atoms with Gasteiger partial charge in [0.15, 0.2) is 0 Å². The van der Waals surface area contributed by atoms with E-state index >= 15 is 0 Å². The lowest BCUT2D eigenvalue weighted by atomic mass is 10.2. The van der Waals surface area contributed by atoms with Gasteiger partial charge in [-0.25, -0.2) is 9.59 Å². The topological polar surface area (TPSA) is 55.4 Å². The Morgan fingerprint density at radius 1 is 1.05 bits per heavy atom. The molecule has 1 unspecified atom stereocenters. The number of halogens is 2. The molecular weight excluding hydrogens is 325 g/mol. The molecule has 0 spiro atoms. The summed E-state index contributed by atoms with van der Waals surface area (Å²) in [5.74, 6) is -1.37. The van der Waals surface area contributed by atoms with Crippen LogP contribution in [0.3, 0.4) is 0 Å². The third-order valence-electron chi connectivity index (χ3n) is 2.86. The van der Waals surface area contributed by atoms with Gasteiger partial charge in [-0.3, -0.25) is 0 Å². The fourth-order valence-corrected chi connectivity index (χ4v) is 2.01. The van der Waals surface area contributed by atoms with Crippen LogP contribution in [0.15, 0.2) is 48.5 Å². The first-order valence-corrected chi connectivity index (χ1v) is 7.25. The zero-order chi connectivity index (χ0) is 16.1. The maximum atomic E-state index is 11.9. The third-order valence-corrected chi connectivity index (χ3v) is 3.60. The summed E-state index contributed by atoms with van der Waals surface area (Å²) >= 11 is 11.7. The monoisotopic (exact) mass is 337 g/mol. The highest BCUT2D eigenvalue weighted by Gasteiger charge is 2.19. The van der Waals surface area contributed by atoms with Crippen molar-refractivity contribution in [3.63, 3.8) is 0 Å². The molecule has 0 bridgehead atoms. The minimum atomic E-state index is -0.718. The van der Waals surface area contributed by atoms with Crippen LogP contribution in [0, 0.1) is 0 Å². The summed E-state index contributed by atoms with van der Waals surface area (Å²) in [5, 5.41) is 3.68. The number of rotatable bonds is 4. The molecule has 0 fully saturated rings. The van der Waals surface area contributed by atoms with Gasteiger partial charge in [0.05, 0.1) is 15.6 Å². The van der Waals surface area contributed by atoms with E-state index in [1.807, 2.05) is 0 Å². The molecule has 114 valence electrons. The van der Waals surface area contributed by atoms with Crippen LogP contribution in [0.4, 0.5) is 5.69 Å². The molecule has 0 heterocycles. The second-order valence-electron chi connectivity index (χ2n) is 4.57. The molecule has 0 aliphatic rings. The van der Waals surface area contributed by atoms with Gasteiger partial charge < -0.3 is 10.1 Å². The summed E-state index contributed by atoms with van der Waals surface area (Å²) < 4.78 is 4.82. The van der Waals surface area contributed by atoms with Crippen molar-refractivity contribution in [2.45, 2.75) is 13.0 Å². The Morgan fingerprint density at radius 2 is 1.73 bits per heavy atom. The molecule has 2 aromatic rings. The van der Waals surface area contributed by atoms with Crippen LogP contribution in [0.25, 0.3) is 0 Å². The van der Waals surface area contributed by atoms with E-state index in [2.05, 4.69) is 5.32 Å². The van der Waals surface area contributed by atoms with E-state index in [9.17, 15) is 9.59 Å². The van der Waals surface area contributed by atoms with Crippen LogP contribution in [0.5, 0.6) is 0 Å². The standard InChI is InChI=1S/C16H13Cl2NO3/c1-10(19-12-7-8-13(17)14(18)9-12)15(20)22-16(21)11-5-3-2-4-6-11/h2-10,19H,1H3. The van der Waals surface area contributed by atoms with E-state index in [0.29, 0.717) is 21.3 Å². The summed E-state index contributed by atoms with van der Waals surface area (Å²) in [7, 11) is 0. The number of carbonyl (C=O) groups excluding carboxylic acids is 2. The van der Waals surface area contributed by atoms with Crippen molar-refractivity contribution in [3.05, 3.63) is 64.1 Å². The molecule has 2 rings (SSSR count). The molecule has 0 aliphatic heterocycles. The Balaban J connectivity index is 1.97. The number of nitrogens with one attached hydrogen (secondary N) is 1. The maximum Gasteiger partial charge on any atom is 0.345 e.